The maximum atomic E-state index is 12.0. The van der Waals surface area contributed by atoms with E-state index in [1.807, 2.05) is 0 Å². The molecular weight excluding hydrogens is 353 g/mol. The third-order valence-corrected chi connectivity index (χ3v) is 4.12. The number of sulfonamides is 1. The second kappa shape index (κ2) is 8.85. The van der Waals surface area contributed by atoms with E-state index < -0.39 is 22.1 Å². The number of rotatable bonds is 9. The first-order valence-corrected chi connectivity index (χ1v) is 8.23. The molecule has 24 heavy (non-hydrogen) atoms. The standard InChI is InChI=1S/C13H17F3N2O5S/c1-22-9-8-17-12(19)6-7-18-24(20,21)11-4-2-10(3-5-11)23-13(14,15)16/h2-5,18H,6-9H2,1H3,(H,17,19). The number of ether oxygens (including phenoxy) is 2. The average Bonchev–Trinajstić information content (AvgIpc) is 2.46. The van der Waals surface area contributed by atoms with Gasteiger partial charge in [-0.2, -0.15) is 0 Å². The van der Waals surface area contributed by atoms with Gasteiger partial charge in [0.05, 0.1) is 11.5 Å². The molecule has 0 unspecified atom stereocenters. The van der Waals surface area contributed by atoms with Crippen molar-refractivity contribution < 1.29 is 35.9 Å². The monoisotopic (exact) mass is 370 g/mol. The lowest BCUT2D eigenvalue weighted by atomic mass is 10.3. The number of alkyl halides is 3. The van der Waals surface area contributed by atoms with E-state index in [2.05, 4.69) is 14.8 Å². The molecule has 2 N–H and O–H groups in total. The normalized spacial score (nSPS) is 12.0. The summed E-state index contributed by atoms with van der Waals surface area (Å²) in [6, 6.07) is 3.73. The Bertz CT molecular complexity index is 632. The van der Waals surface area contributed by atoms with Crippen molar-refractivity contribution in [2.45, 2.75) is 17.7 Å². The summed E-state index contributed by atoms with van der Waals surface area (Å²) in [7, 11) is -2.46. The lowest BCUT2D eigenvalue weighted by Gasteiger charge is -2.10. The number of benzene rings is 1. The molecule has 0 bridgehead atoms. The molecule has 7 nitrogen and oxygen atoms in total. The lowest BCUT2D eigenvalue weighted by Crippen LogP contribution is -2.32. The first-order valence-electron chi connectivity index (χ1n) is 6.75. The summed E-state index contributed by atoms with van der Waals surface area (Å²) in [4.78, 5) is 11.2. The molecule has 1 aromatic rings. The van der Waals surface area contributed by atoms with Crippen molar-refractivity contribution in [3.05, 3.63) is 24.3 Å². The zero-order valence-electron chi connectivity index (χ0n) is 12.7. The Morgan fingerprint density at radius 3 is 2.33 bits per heavy atom. The van der Waals surface area contributed by atoms with Crippen molar-refractivity contribution in [2.24, 2.45) is 0 Å². The second-order valence-electron chi connectivity index (χ2n) is 4.51. The van der Waals surface area contributed by atoms with E-state index in [4.69, 9.17) is 4.74 Å². The van der Waals surface area contributed by atoms with Gasteiger partial charge in [-0.3, -0.25) is 4.79 Å². The summed E-state index contributed by atoms with van der Waals surface area (Å²) in [6.07, 6.45) is -4.94. The van der Waals surface area contributed by atoms with Crippen molar-refractivity contribution in [1.29, 1.82) is 0 Å². The van der Waals surface area contributed by atoms with Gasteiger partial charge in [0.25, 0.3) is 0 Å². The molecule has 0 aliphatic heterocycles. The molecule has 0 fully saturated rings. The van der Waals surface area contributed by atoms with Crippen LogP contribution in [0, 0.1) is 0 Å². The SMILES string of the molecule is COCCNC(=O)CCNS(=O)(=O)c1ccc(OC(F)(F)F)cc1. The molecule has 1 rings (SSSR count). The zero-order valence-corrected chi connectivity index (χ0v) is 13.5. The summed E-state index contributed by atoms with van der Waals surface area (Å²) in [6.45, 7) is 0.495. The predicted molar refractivity (Wildman–Crippen MR) is 77.8 cm³/mol. The number of carbonyl (C=O) groups is 1. The minimum Gasteiger partial charge on any atom is -0.406 e. The zero-order chi connectivity index (χ0) is 18.2. The van der Waals surface area contributed by atoms with Crippen molar-refractivity contribution in [1.82, 2.24) is 10.0 Å². The van der Waals surface area contributed by atoms with Crippen LogP contribution in [-0.4, -0.2) is 47.5 Å². The van der Waals surface area contributed by atoms with Crippen LogP contribution in [0.5, 0.6) is 5.75 Å². The maximum absolute atomic E-state index is 12.0. The lowest BCUT2D eigenvalue weighted by molar-refractivity contribution is -0.274. The number of hydrogen-bond donors (Lipinski definition) is 2. The second-order valence-corrected chi connectivity index (χ2v) is 6.28. The Kier molecular flexibility index (Phi) is 7.45. The third kappa shape index (κ3) is 7.62. The van der Waals surface area contributed by atoms with Crippen LogP contribution in [0.25, 0.3) is 0 Å². The molecule has 1 amide bonds. The molecule has 0 aromatic heterocycles. The highest BCUT2D eigenvalue weighted by Crippen LogP contribution is 2.23. The Labute approximate surface area is 137 Å². The van der Waals surface area contributed by atoms with Crippen molar-refractivity contribution in [2.75, 3.05) is 26.8 Å². The van der Waals surface area contributed by atoms with E-state index in [1.54, 1.807) is 0 Å². The highest BCUT2D eigenvalue weighted by molar-refractivity contribution is 7.89. The van der Waals surface area contributed by atoms with Gasteiger partial charge in [0.2, 0.25) is 15.9 Å². The van der Waals surface area contributed by atoms with Gasteiger partial charge in [0, 0.05) is 26.6 Å². The molecule has 136 valence electrons. The van der Waals surface area contributed by atoms with Gasteiger partial charge in [0.1, 0.15) is 5.75 Å². The first kappa shape index (κ1) is 20.2. The van der Waals surface area contributed by atoms with E-state index in [0.29, 0.717) is 13.2 Å². The average molecular weight is 370 g/mol. The fraction of sp³-hybridized carbons (Fsp3) is 0.462. The minimum absolute atomic E-state index is 0.0851. The van der Waals surface area contributed by atoms with Crippen LogP contribution in [0.2, 0.25) is 0 Å². The van der Waals surface area contributed by atoms with E-state index >= 15 is 0 Å². The smallest absolute Gasteiger partial charge is 0.406 e. The number of amides is 1. The van der Waals surface area contributed by atoms with Crippen LogP contribution in [0.15, 0.2) is 29.2 Å². The van der Waals surface area contributed by atoms with Gasteiger partial charge >= 0.3 is 6.36 Å². The molecule has 0 heterocycles. The molecule has 0 saturated carbocycles. The Hall–Kier alpha value is -1.85. The molecule has 0 saturated heterocycles. The number of carbonyl (C=O) groups excluding carboxylic acids is 1. The van der Waals surface area contributed by atoms with Crippen molar-refractivity contribution in [3.63, 3.8) is 0 Å². The molecule has 0 aliphatic rings. The van der Waals surface area contributed by atoms with Gasteiger partial charge < -0.3 is 14.8 Å². The van der Waals surface area contributed by atoms with Gasteiger partial charge in [0.15, 0.2) is 0 Å². The van der Waals surface area contributed by atoms with Crippen LogP contribution < -0.4 is 14.8 Å². The Morgan fingerprint density at radius 2 is 1.79 bits per heavy atom. The molecule has 1 aromatic carbocycles. The van der Waals surface area contributed by atoms with E-state index in [9.17, 15) is 26.4 Å². The fourth-order valence-electron chi connectivity index (χ4n) is 1.58. The van der Waals surface area contributed by atoms with E-state index in [0.717, 1.165) is 24.3 Å². The van der Waals surface area contributed by atoms with Gasteiger partial charge in [-0.25, -0.2) is 13.1 Å². The molecular formula is C13H17F3N2O5S. The minimum atomic E-state index is -4.85. The number of methoxy groups -OCH3 is 1. The van der Waals surface area contributed by atoms with Crippen LogP contribution in [0.3, 0.4) is 0 Å². The molecule has 0 aliphatic carbocycles. The highest BCUT2D eigenvalue weighted by Gasteiger charge is 2.31. The first-order chi connectivity index (χ1) is 11.1. The quantitative estimate of drug-likeness (QED) is 0.633. The van der Waals surface area contributed by atoms with Crippen LogP contribution in [0.1, 0.15) is 6.42 Å². The van der Waals surface area contributed by atoms with Gasteiger partial charge in [-0.05, 0) is 24.3 Å². The molecule has 0 atom stereocenters. The predicted octanol–water partition coefficient (Wildman–Crippen LogP) is 1.02. The molecule has 0 spiro atoms. The topological polar surface area (TPSA) is 93.7 Å². The van der Waals surface area contributed by atoms with Crippen molar-refractivity contribution in [3.8, 4) is 5.75 Å². The summed E-state index contributed by atoms with van der Waals surface area (Å²) >= 11 is 0. The number of halogens is 3. The molecule has 11 heteroatoms. The summed E-state index contributed by atoms with van der Waals surface area (Å²) < 4.78 is 70.6. The highest BCUT2D eigenvalue weighted by atomic mass is 32.2. The summed E-state index contributed by atoms with van der Waals surface area (Å²) in [5.41, 5.74) is 0. The molecule has 0 radical (unpaired) electrons. The number of hydrogen-bond acceptors (Lipinski definition) is 5. The fourth-order valence-corrected chi connectivity index (χ4v) is 2.62. The van der Waals surface area contributed by atoms with Crippen LogP contribution in [-0.2, 0) is 19.6 Å². The van der Waals surface area contributed by atoms with Crippen molar-refractivity contribution >= 4 is 15.9 Å². The number of nitrogens with one attached hydrogen (secondary N) is 2. The maximum Gasteiger partial charge on any atom is 0.573 e. The summed E-state index contributed by atoms with van der Waals surface area (Å²) in [5.74, 6) is -0.886. The van der Waals surface area contributed by atoms with Crippen LogP contribution in [0.4, 0.5) is 13.2 Å². The largest absolute Gasteiger partial charge is 0.573 e. The van der Waals surface area contributed by atoms with Crippen LogP contribution >= 0.6 is 0 Å². The Balaban J connectivity index is 2.52. The van der Waals surface area contributed by atoms with Gasteiger partial charge in [-0.15, -0.1) is 13.2 Å². The Morgan fingerprint density at radius 1 is 1.17 bits per heavy atom. The van der Waals surface area contributed by atoms with E-state index in [-0.39, 0.29) is 23.8 Å². The third-order valence-electron chi connectivity index (χ3n) is 2.64. The summed E-state index contributed by atoms with van der Waals surface area (Å²) in [5, 5.41) is 2.52. The van der Waals surface area contributed by atoms with Gasteiger partial charge in [-0.1, -0.05) is 0 Å². The van der Waals surface area contributed by atoms with E-state index in [1.165, 1.54) is 7.11 Å².